The lowest BCUT2D eigenvalue weighted by atomic mass is 9.99. The number of hydrogen-bond donors (Lipinski definition) is 2. The molecule has 2 atom stereocenters. The number of ether oxygens (including phenoxy) is 1. The number of rotatable bonds is 6. The average Bonchev–Trinajstić information content (AvgIpc) is 2.34. The molecular weight excluding hydrogens is 226 g/mol. The van der Waals surface area contributed by atoms with Gasteiger partial charge in [-0.2, -0.15) is 0 Å². The van der Waals surface area contributed by atoms with Crippen molar-refractivity contribution in [1.82, 2.24) is 5.43 Å². The van der Waals surface area contributed by atoms with Crippen molar-refractivity contribution in [3.05, 3.63) is 35.4 Å². The molecule has 0 saturated heterocycles. The minimum atomic E-state index is -0.844. The molecule has 0 fully saturated rings. The number of nitrogens with one attached hydrogen (secondary N) is 1. The highest BCUT2D eigenvalue weighted by Crippen LogP contribution is 2.15. The summed E-state index contributed by atoms with van der Waals surface area (Å²) < 4.78 is 31.8. The Morgan fingerprint density at radius 3 is 2.65 bits per heavy atom. The number of nitrogens with two attached hydrogens (primary N) is 1. The lowest BCUT2D eigenvalue weighted by molar-refractivity contribution is 0.0650. The van der Waals surface area contributed by atoms with Gasteiger partial charge in [-0.05, 0) is 24.5 Å². The molecular formula is C12H18F2N2O. The van der Waals surface area contributed by atoms with Crippen molar-refractivity contribution < 1.29 is 13.5 Å². The van der Waals surface area contributed by atoms with E-state index in [1.807, 2.05) is 6.92 Å². The molecule has 1 rings (SSSR count). The van der Waals surface area contributed by atoms with Gasteiger partial charge in [-0.1, -0.05) is 19.1 Å². The standard InChI is InChI=1S/C12H18F2N2O/c1-3-11(17-2)10(16-15)7-8-5-4-6-9(13)12(8)14/h4-6,10-11,16H,3,7,15H2,1-2H3. The van der Waals surface area contributed by atoms with Crippen LogP contribution < -0.4 is 11.3 Å². The van der Waals surface area contributed by atoms with Gasteiger partial charge in [0.2, 0.25) is 0 Å². The maximum absolute atomic E-state index is 13.5. The van der Waals surface area contributed by atoms with Crippen LogP contribution in [-0.4, -0.2) is 19.3 Å². The highest BCUT2D eigenvalue weighted by molar-refractivity contribution is 5.20. The number of benzene rings is 1. The van der Waals surface area contributed by atoms with Crippen LogP contribution in [0.3, 0.4) is 0 Å². The summed E-state index contributed by atoms with van der Waals surface area (Å²) in [5.41, 5.74) is 2.88. The molecule has 17 heavy (non-hydrogen) atoms. The summed E-state index contributed by atoms with van der Waals surface area (Å²) in [4.78, 5) is 0. The van der Waals surface area contributed by atoms with Gasteiger partial charge in [0, 0.05) is 7.11 Å². The van der Waals surface area contributed by atoms with Crippen molar-refractivity contribution in [1.29, 1.82) is 0 Å². The van der Waals surface area contributed by atoms with Crippen LogP contribution in [0.15, 0.2) is 18.2 Å². The third-order valence-corrected chi connectivity index (χ3v) is 2.84. The van der Waals surface area contributed by atoms with Gasteiger partial charge in [0.1, 0.15) is 0 Å². The minimum Gasteiger partial charge on any atom is -0.380 e. The van der Waals surface area contributed by atoms with Crippen LogP contribution in [0, 0.1) is 11.6 Å². The Morgan fingerprint density at radius 1 is 1.41 bits per heavy atom. The van der Waals surface area contributed by atoms with Crippen LogP contribution in [0.2, 0.25) is 0 Å². The van der Waals surface area contributed by atoms with E-state index in [4.69, 9.17) is 10.6 Å². The molecule has 0 bridgehead atoms. The number of hydrogen-bond acceptors (Lipinski definition) is 3. The molecule has 1 aromatic rings. The molecule has 3 nitrogen and oxygen atoms in total. The molecule has 0 radical (unpaired) electrons. The van der Waals surface area contributed by atoms with E-state index < -0.39 is 11.6 Å². The predicted octanol–water partition coefficient (Wildman–Crippen LogP) is 1.76. The van der Waals surface area contributed by atoms with Crippen LogP contribution in [0.25, 0.3) is 0 Å². The van der Waals surface area contributed by atoms with Crippen LogP contribution in [-0.2, 0) is 11.2 Å². The van der Waals surface area contributed by atoms with Crippen molar-refractivity contribution >= 4 is 0 Å². The lowest BCUT2D eigenvalue weighted by Gasteiger charge is -2.24. The van der Waals surface area contributed by atoms with E-state index >= 15 is 0 Å². The quantitative estimate of drug-likeness (QED) is 0.592. The summed E-state index contributed by atoms with van der Waals surface area (Å²) in [6.45, 7) is 1.94. The Hall–Kier alpha value is -1.04. The topological polar surface area (TPSA) is 47.3 Å². The number of hydrazine groups is 1. The maximum atomic E-state index is 13.5. The third kappa shape index (κ3) is 3.46. The Kier molecular flexibility index (Phi) is 5.47. The van der Waals surface area contributed by atoms with E-state index in [9.17, 15) is 8.78 Å². The summed E-state index contributed by atoms with van der Waals surface area (Å²) in [5, 5.41) is 0. The second-order valence-corrected chi connectivity index (χ2v) is 3.87. The van der Waals surface area contributed by atoms with Gasteiger partial charge < -0.3 is 4.74 Å². The Bertz CT molecular complexity index is 356. The van der Waals surface area contributed by atoms with Gasteiger partial charge in [-0.15, -0.1) is 0 Å². The van der Waals surface area contributed by atoms with Crippen LogP contribution in [0.5, 0.6) is 0 Å². The summed E-state index contributed by atoms with van der Waals surface area (Å²) in [6.07, 6.45) is 0.886. The molecule has 0 saturated carbocycles. The molecule has 0 heterocycles. The Morgan fingerprint density at radius 2 is 2.12 bits per heavy atom. The highest BCUT2D eigenvalue weighted by atomic mass is 19.2. The SMILES string of the molecule is CCC(OC)C(Cc1cccc(F)c1F)NN. The van der Waals surface area contributed by atoms with Gasteiger partial charge in [0.05, 0.1) is 12.1 Å². The molecule has 0 aromatic heterocycles. The summed E-state index contributed by atoms with van der Waals surface area (Å²) in [5.74, 6) is 3.75. The predicted molar refractivity (Wildman–Crippen MR) is 62.3 cm³/mol. The zero-order valence-electron chi connectivity index (χ0n) is 10.0. The van der Waals surface area contributed by atoms with Crippen LogP contribution >= 0.6 is 0 Å². The van der Waals surface area contributed by atoms with Gasteiger partial charge >= 0.3 is 0 Å². The molecule has 3 N–H and O–H groups in total. The maximum Gasteiger partial charge on any atom is 0.162 e. The zero-order chi connectivity index (χ0) is 12.8. The third-order valence-electron chi connectivity index (χ3n) is 2.84. The van der Waals surface area contributed by atoms with Crippen molar-refractivity contribution in [3.8, 4) is 0 Å². The number of methoxy groups -OCH3 is 1. The number of halogens is 2. The van der Waals surface area contributed by atoms with Gasteiger partial charge in [0.15, 0.2) is 11.6 Å². The van der Waals surface area contributed by atoms with Crippen molar-refractivity contribution in [3.63, 3.8) is 0 Å². The van der Waals surface area contributed by atoms with Crippen molar-refractivity contribution in [2.75, 3.05) is 7.11 Å². The molecule has 0 amide bonds. The van der Waals surface area contributed by atoms with E-state index in [2.05, 4.69) is 5.43 Å². The summed E-state index contributed by atoms with van der Waals surface area (Å²) >= 11 is 0. The molecule has 0 spiro atoms. The van der Waals surface area contributed by atoms with Crippen LogP contribution in [0.4, 0.5) is 8.78 Å². The Labute approximate surface area is 99.9 Å². The smallest absolute Gasteiger partial charge is 0.162 e. The van der Waals surface area contributed by atoms with Crippen molar-refractivity contribution in [2.24, 2.45) is 5.84 Å². The van der Waals surface area contributed by atoms with Crippen LogP contribution in [0.1, 0.15) is 18.9 Å². The van der Waals surface area contributed by atoms with Gasteiger partial charge in [-0.25, -0.2) is 8.78 Å². The lowest BCUT2D eigenvalue weighted by Crippen LogP contribution is -2.46. The second kappa shape index (κ2) is 6.64. The first-order valence-electron chi connectivity index (χ1n) is 5.55. The molecule has 2 unspecified atom stereocenters. The fourth-order valence-electron chi connectivity index (χ4n) is 1.86. The average molecular weight is 244 g/mol. The van der Waals surface area contributed by atoms with E-state index in [0.717, 1.165) is 12.5 Å². The fraction of sp³-hybridized carbons (Fsp3) is 0.500. The zero-order valence-corrected chi connectivity index (χ0v) is 10.0. The van der Waals surface area contributed by atoms with Gasteiger partial charge in [0.25, 0.3) is 0 Å². The first-order valence-corrected chi connectivity index (χ1v) is 5.55. The fourth-order valence-corrected chi connectivity index (χ4v) is 1.86. The second-order valence-electron chi connectivity index (χ2n) is 3.87. The molecule has 0 aliphatic heterocycles. The largest absolute Gasteiger partial charge is 0.380 e. The normalized spacial score (nSPS) is 14.6. The summed E-state index contributed by atoms with van der Waals surface area (Å²) in [7, 11) is 1.57. The Balaban J connectivity index is 2.83. The first kappa shape index (κ1) is 14.0. The first-order chi connectivity index (χ1) is 8.13. The summed E-state index contributed by atoms with van der Waals surface area (Å²) in [6, 6.07) is 3.87. The molecule has 96 valence electrons. The minimum absolute atomic E-state index is 0.136. The van der Waals surface area contributed by atoms with E-state index in [1.165, 1.54) is 6.07 Å². The van der Waals surface area contributed by atoms with E-state index in [1.54, 1.807) is 13.2 Å². The molecule has 0 aliphatic carbocycles. The van der Waals surface area contributed by atoms with E-state index in [0.29, 0.717) is 5.56 Å². The molecule has 1 aromatic carbocycles. The van der Waals surface area contributed by atoms with Gasteiger partial charge in [-0.3, -0.25) is 11.3 Å². The molecule has 5 heteroatoms. The molecule has 0 aliphatic rings. The highest BCUT2D eigenvalue weighted by Gasteiger charge is 2.20. The van der Waals surface area contributed by atoms with E-state index in [-0.39, 0.29) is 18.6 Å². The van der Waals surface area contributed by atoms with Crippen molar-refractivity contribution in [2.45, 2.75) is 31.9 Å². The monoisotopic (exact) mass is 244 g/mol.